The molecule has 0 spiro atoms. The molecule has 2 rings (SSSR count). The van der Waals surface area contributed by atoms with Crippen LogP contribution < -0.4 is 0 Å². The van der Waals surface area contributed by atoms with Gasteiger partial charge in [-0.25, -0.2) is 4.98 Å². The van der Waals surface area contributed by atoms with Crippen molar-refractivity contribution >= 4 is 17.3 Å². The van der Waals surface area contributed by atoms with E-state index in [-0.39, 0.29) is 5.97 Å². The van der Waals surface area contributed by atoms with E-state index < -0.39 is 0 Å². The average molecular weight is 276 g/mol. The fourth-order valence-corrected chi connectivity index (χ4v) is 2.48. The van der Waals surface area contributed by atoms with Crippen LogP contribution in [-0.4, -0.2) is 22.5 Å². The number of aromatic nitrogens is 2. The average Bonchev–Trinajstić information content (AvgIpc) is 2.85. The van der Waals surface area contributed by atoms with Crippen molar-refractivity contribution in [1.29, 1.82) is 0 Å². The Morgan fingerprint density at radius 1 is 1.47 bits per heavy atom. The first-order chi connectivity index (χ1) is 9.19. The van der Waals surface area contributed by atoms with Crippen LogP contribution in [-0.2, 0) is 16.0 Å². The summed E-state index contributed by atoms with van der Waals surface area (Å²) >= 11 is 1.55. The van der Waals surface area contributed by atoms with Gasteiger partial charge in [0.25, 0.3) is 0 Å². The topological polar surface area (TPSA) is 52.1 Å². The summed E-state index contributed by atoms with van der Waals surface area (Å²) in [5, 5.41) is 2.86. The third-order valence-electron chi connectivity index (χ3n) is 2.58. The quantitative estimate of drug-likeness (QED) is 0.788. The van der Waals surface area contributed by atoms with Crippen LogP contribution in [0.1, 0.15) is 24.6 Å². The standard InChI is InChI=1S/C14H16N2O2S/c1-3-18-13(17)5-4-11-9-19-14(16-11)12-8-10(2)6-7-15-12/h6-9H,3-5H2,1-2H3. The lowest BCUT2D eigenvalue weighted by Crippen LogP contribution is -2.05. The predicted octanol–water partition coefficient (Wildman–Crippen LogP) is 3.01. The largest absolute Gasteiger partial charge is 0.466 e. The smallest absolute Gasteiger partial charge is 0.306 e. The Morgan fingerprint density at radius 3 is 3.05 bits per heavy atom. The fraction of sp³-hybridized carbons (Fsp3) is 0.357. The van der Waals surface area contributed by atoms with Crippen molar-refractivity contribution in [1.82, 2.24) is 9.97 Å². The number of rotatable bonds is 5. The number of hydrogen-bond donors (Lipinski definition) is 0. The van der Waals surface area contributed by atoms with Gasteiger partial charge >= 0.3 is 5.97 Å². The van der Waals surface area contributed by atoms with Gasteiger partial charge in [0.2, 0.25) is 0 Å². The lowest BCUT2D eigenvalue weighted by molar-refractivity contribution is -0.143. The van der Waals surface area contributed by atoms with Crippen LogP contribution in [0.4, 0.5) is 0 Å². The summed E-state index contributed by atoms with van der Waals surface area (Å²) in [7, 11) is 0. The Morgan fingerprint density at radius 2 is 2.32 bits per heavy atom. The molecule has 2 aromatic rings. The second kappa shape index (κ2) is 6.43. The van der Waals surface area contributed by atoms with Crippen molar-refractivity contribution in [3.63, 3.8) is 0 Å². The molecule has 0 bridgehead atoms. The van der Waals surface area contributed by atoms with E-state index in [1.807, 2.05) is 31.4 Å². The number of ether oxygens (including phenoxy) is 1. The molecular weight excluding hydrogens is 260 g/mol. The van der Waals surface area contributed by atoms with E-state index in [1.165, 1.54) is 0 Å². The highest BCUT2D eigenvalue weighted by Crippen LogP contribution is 2.22. The maximum Gasteiger partial charge on any atom is 0.306 e. The summed E-state index contributed by atoms with van der Waals surface area (Å²) in [6.45, 7) is 4.26. The summed E-state index contributed by atoms with van der Waals surface area (Å²) in [5.74, 6) is -0.175. The lowest BCUT2D eigenvalue weighted by atomic mass is 10.2. The Labute approximate surface area is 116 Å². The van der Waals surface area contributed by atoms with Crippen LogP contribution in [0.5, 0.6) is 0 Å². The van der Waals surface area contributed by atoms with Crippen molar-refractivity contribution < 1.29 is 9.53 Å². The first-order valence-electron chi connectivity index (χ1n) is 6.22. The molecule has 0 aliphatic rings. The summed E-state index contributed by atoms with van der Waals surface area (Å²) in [6, 6.07) is 3.97. The van der Waals surface area contributed by atoms with E-state index >= 15 is 0 Å². The maximum absolute atomic E-state index is 11.3. The molecule has 4 nitrogen and oxygen atoms in total. The highest BCUT2D eigenvalue weighted by Gasteiger charge is 2.08. The predicted molar refractivity (Wildman–Crippen MR) is 75.0 cm³/mol. The normalized spacial score (nSPS) is 10.4. The number of pyridine rings is 1. The van der Waals surface area contributed by atoms with Crippen LogP contribution in [0.25, 0.3) is 10.7 Å². The molecule has 0 aliphatic heterocycles. The molecule has 2 aromatic heterocycles. The van der Waals surface area contributed by atoms with Gasteiger partial charge in [-0.1, -0.05) is 0 Å². The van der Waals surface area contributed by atoms with Crippen molar-refractivity contribution in [3.8, 4) is 10.7 Å². The van der Waals surface area contributed by atoms with Gasteiger partial charge in [-0.2, -0.15) is 0 Å². The third-order valence-corrected chi connectivity index (χ3v) is 3.49. The van der Waals surface area contributed by atoms with Gasteiger partial charge in [-0.05, 0) is 31.5 Å². The SMILES string of the molecule is CCOC(=O)CCc1csc(-c2cc(C)ccn2)n1. The minimum Gasteiger partial charge on any atom is -0.466 e. The minimum atomic E-state index is -0.175. The van der Waals surface area contributed by atoms with E-state index in [1.54, 1.807) is 17.5 Å². The molecule has 0 aliphatic carbocycles. The van der Waals surface area contributed by atoms with E-state index in [0.29, 0.717) is 19.4 Å². The Hall–Kier alpha value is -1.75. The second-order valence-electron chi connectivity index (χ2n) is 4.17. The van der Waals surface area contributed by atoms with E-state index in [4.69, 9.17) is 4.74 Å². The number of aryl methyl sites for hydroxylation is 2. The van der Waals surface area contributed by atoms with Crippen LogP contribution in [0.3, 0.4) is 0 Å². The van der Waals surface area contributed by atoms with Gasteiger partial charge in [0, 0.05) is 18.0 Å². The van der Waals surface area contributed by atoms with E-state index in [9.17, 15) is 4.79 Å². The van der Waals surface area contributed by atoms with Crippen LogP contribution in [0, 0.1) is 6.92 Å². The summed E-state index contributed by atoms with van der Waals surface area (Å²) in [4.78, 5) is 20.1. The van der Waals surface area contributed by atoms with E-state index in [2.05, 4.69) is 9.97 Å². The van der Waals surface area contributed by atoms with Gasteiger partial charge < -0.3 is 4.74 Å². The molecule has 5 heteroatoms. The first kappa shape index (κ1) is 13.7. The zero-order valence-electron chi connectivity index (χ0n) is 11.0. The highest BCUT2D eigenvalue weighted by molar-refractivity contribution is 7.13. The first-order valence-corrected chi connectivity index (χ1v) is 7.10. The molecule has 0 saturated carbocycles. The third kappa shape index (κ3) is 3.86. The molecule has 100 valence electrons. The van der Waals surface area contributed by atoms with Crippen molar-refractivity contribution in [2.24, 2.45) is 0 Å². The van der Waals surface area contributed by atoms with E-state index in [0.717, 1.165) is 22.0 Å². The summed E-state index contributed by atoms with van der Waals surface area (Å²) < 4.78 is 4.90. The molecule has 2 heterocycles. The zero-order valence-corrected chi connectivity index (χ0v) is 11.9. The molecule has 0 amide bonds. The second-order valence-corrected chi connectivity index (χ2v) is 5.03. The monoisotopic (exact) mass is 276 g/mol. The molecule has 0 fully saturated rings. The van der Waals surface area contributed by atoms with Crippen molar-refractivity contribution in [2.75, 3.05) is 6.61 Å². The molecule has 19 heavy (non-hydrogen) atoms. The summed E-state index contributed by atoms with van der Waals surface area (Å²) in [6.07, 6.45) is 2.77. The molecular formula is C14H16N2O2S. The van der Waals surface area contributed by atoms with Crippen LogP contribution in [0.15, 0.2) is 23.7 Å². The van der Waals surface area contributed by atoms with Gasteiger partial charge in [-0.15, -0.1) is 11.3 Å². The Kier molecular flexibility index (Phi) is 4.63. The maximum atomic E-state index is 11.3. The van der Waals surface area contributed by atoms with Crippen molar-refractivity contribution in [2.45, 2.75) is 26.7 Å². The molecule has 0 atom stereocenters. The number of thiazole rings is 1. The highest BCUT2D eigenvalue weighted by atomic mass is 32.1. The van der Waals surface area contributed by atoms with Gasteiger partial charge in [-0.3, -0.25) is 9.78 Å². The Balaban J connectivity index is 2.01. The van der Waals surface area contributed by atoms with Crippen molar-refractivity contribution in [3.05, 3.63) is 35.0 Å². The van der Waals surface area contributed by atoms with Crippen LogP contribution >= 0.6 is 11.3 Å². The number of hydrogen-bond acceptors (Lipinski definition) is 5. The van der Waals surface area contributed by atoms with Gasteiger partial charge in [0.15, 0.2) is 0 Å². The zero-order chi connectivity index (χ0) is 13.7. The Bertz CT molecular complexity index is 566. The minimum absolute atomic E-state index is 0.175. The number of esters is 1. The number of carbonyl (C=O) groups is 1. The molecule has 0 aromatic carbocycles. The molecule has 0 saturated heterocycles. The fourth-order valence-electron chi connectivity index (χ4n) is 1.66. The molecule has 0 N–H and O–H groups in total. The molecule has 0 unspecified atom stereocenters. The van der Waals surface area contributed by atoms with Gasteiger partial charge in [0.05, 0.1) is 24.4 Å². The molecule has 0 radical (unpaired) electrons. The number of carbonyl (C=O) groups excluding carboxylic acids is 1. The van der Waals surface area contributed by atoms with Crippen LogP contribution in [0.2, 0.25) is 0 Å². The number of nitrogens with zero attached hydrogens (tertiary/aromatic N) is 2. The van der Waals surface area contributed by atoms with Gasteiger partial charge in [0.1, 0.15) is 5.01 Å². The summed E-state index contributed by atoms with van der Waals surface area (Å²) in [5.41, 5.74) is 2.96. The lowest BCUT2D eigenvalue weighted by Gasteiger charge is -1.99.